The molecule has 2 unspecified atom stereocenters. The largest absolute Gasteiger partial charge is 0.477 e. The maximum absolute atomic E-state index is 12.8. The van der Waals surface area contributed by atoms with Gasteiger partial charge in [-0.15, -0.1) is 0 Å². The van der Waals surface area contributed by atoms with Crippen molar-refractivity contribution in [3.63, 3.8) is 0 Å². The van der Waals surface area contributed by atoms with E-state index in [1.54, 1.807) is 0 Å². The topological polar surface area (TPSA) is 108 Å². The van der Waals surface area contributed by atoms with Crippen LogP contribution in [0.4, 0.5) is 0 Å². The predicted octanol–water partition coefficient (Wildman–Crippen LogP) is 17.7. The van der Waals surface area contributed by atoms with Crippen molar-refractivity contribution in [3.05, 3.63) is 122 Å². The summed E-state index contributed by atoms with van der Waals surface area (Å²) >= 11 is 0. The monoisotopic (exact) mass is 1040 g/mol. The number of esters is 2. The van der Waals surface area contributed by atoms with Gasteiger partial charge in [0.05, 0.1) is 34.4 Å². The Labute approximate surface area is 459 Å². The molecule has 426 valence electrons. The van der Waals surface area contributed by atoms with E-state index in [4.69, 9.17) is 18.9 Å². The zero-order valence-corrected chi connectivity index (χ0v) is 48.4. The smallest absolute Gasteiger partial charge is 0.361 e. The van der Waals surface area contributed by atoms with Gasteiger partial charge in [0.15, 0.2) is 6.10 Å². The molecule has 0 saturated heterocycles. The molecule has 0 spiro atoms. The lowest BCUT2D eigenvalue weighted by atomic mass is 10.0. The third-order valence-electron chi connectivity index (χ3n) is 12.2. The predicted molar refractivity (Wildman–Crippen MR) is 318 cm³/mol. The van der Waals surface area contributed by atoms with Crippen molar-refractivity contribution >= 4 is 17.9 Å². The molecule has 0 aromatic heterocycles. The van der Waals surface area contributed by atoms with E-state index < -0.39 is 24.3 Å². The van der Waals surface area contributed by atoms with Gasteiger partial charge in [-0.25, -0.2) is 4.79 Å². The van der Waals surface area contributed by atoms with E-state index in [0.717, 1.165) is 128 Å². The Morgan fingerprint density at radius 3 is 1.15 bits per heavy atom. The van der Waals surface area contributed by atoms with Crippen molar-refractivity contribution in [3.8, 4) is 0 Å². The molecule has 0 aliphatic carbocycles. The fourth-order valence-electron chi connectivity index (χ4n) is 7.63. The second-order valence-corrected chi connectivity index (χ2v) is 20.6. The third-order valence-corrected chi connectivity index (χ3v) is 12.2. The highest BCUT2D eigenvalue weighted by Crippen LogP contribution is 2.15. The second kappa shape index (κ2) is 55.9. The number of hydrogen-bond donors (Lipinski definition) is 1. The van der Waals surface area contributed by atoms with Crippen molar-refractivity contribution < 1.29 is 42.9 Å². The number of rotatable bonds is 53. The molecule has 2 atom stereocenters. The fourth-order valence-corrected chi connectivity index (χ4v) is 7.63. The molecule has 75 heavy (non-hydrogen) atoms. The molecule has 0 rings (SSSR count). The van der Waals surface area contributed by atoms with Gasteiger partial charge in [0, 0.05) is 12.8 Å². The van der Waals surface area contributed by atoms with E-state index in [1.165, 1.54) is 57.8 Å². The van der Waals surface area contributed by atoms with E-state index in [9.17, 15) is 19.5 Å². The molecule has 0 saturated carbocycles. The average molecular weight is 1050 g/mol. The summed E-state index contributed by atoms with van der Waals surface area (Å²) in [5.41, 5.74) is 0. The molecule has 9 nitrogen and oxygen atoms in total. The van der Waals surface area contributed by atoms with Crippen LogP contribution in [0, 0.1) is 0 Å². The Morgan fingerprint density at radius 1 is 0.413 bits per heavy atom. The van der Waals surface area contributed by atoms with Crippen LogP contribution in [0.2, 0.25) is 0 Å². The summed E-state index contributed by atoms with van der Waals surface area (Å²) in [6.07, 6.45) is 75.8. The van der Waals surface area contributed by atoms with Gasteiger partial charge in [-0.05, 0) is 103 Å². The zero-order valence-electron chi connectivity index (χ0n) is 48.4. The summed E-state index contributed by atoms with van der Waals surface area (Å²) < 4.78 is 22.8. The van der Waals surface area contributed by atoms with Crippen LogP contribution in [0.1, 0.15) is 219 Å². The molecule has 0 bridgehead atoms. The van der Waals surface area contributed by atoms with Crippen molar-refractivity contribution in [1.29, 1.82) is 0 Å². The first-order chi connectivity index (χ1) is 36.6. The minimum Gasteiger partial charge on any atom is -0.477 e. The number of nitrogens with zero attached hydrogens (tertiary/aromatic N) is 1. The molecule has 0 amide bonds. The summed E-state index contributed by atoms with van der Waals surface area (Å²) in [5.74, 6) is -2.03. The highest BCUT2D eigenvalue weighted by Gasteiger charge is 2.25. The lowest BCUT2D eigenvalue weighted by Crippen LogP contribution is -2.40. The maximum atomic E-state index is 12.8. The number of allylic oxidation sites excluding steroid dienone is 20. The number of unbranched alkanes of at least 4 members (excludes halogenated alkanes) is 18. The lowest BCUT2D eigenvalue weighted by molar-refractivity contribution is -0.870. The van der Waals surface area contributed by atoms with Gasteiger partial charge in [-0.3, -0.25) is 9.59 Å². The maximum Gasteiger partial charge on any atom is 0.361 e. The number of hydrogen-bond acceptors (Lipinski definition) is 7. The Morgan fingerprint density at radius 2 is 0.760 bits per heavy atom. The molecular weight excluding hydrogens is 935 g/mol. The molecule has 0 fully saturated rings. The zero-order chi connectivity index (χ0) is 54.8. The molecule has 0 aliphatic rings. The van der Waals surface area contributed by atoms with Gasteiger partial charge in [0.2, 0.25) is 0 Å². The van der Waals surface area contributed by atoms with E-state index in [2.05, 4.69) is 135 Å². The third kappa shape index (κ3) is 57.2. The minimum atomic E-state index is -1.52. The van der Waals surface area contributed by atoms with E-state index in [0.29, 0.717) is 17.4 Å². The molecule has 0 aliphatic heterocycles. The standard InChI is InChI=1S/C66H109NO8/c1-6-8-10-12-14-16-18-19-20-21-22-23-24-25-26-27-28-29-30-31-32-33-34-35-36-37-38-39-40-41-42-43-44-45-47-49-51-53-55-57-64(69)75-62(61-74-66(65(70)71)72-59-58-67(3,4)5)60-73-63(68)56-54-52-50-48-46-17-15-13-11-9-7-2/h8,10,13-16,19-20,22-23,25-26,28-29,31-32,34-35,37-38,62,66H,6-7,9,11-12,17-18,21,24,27,30,33,36,39-61H2,1-5H3/p+1/b10-8-,15-13-,16-14-,20-19-,23-22-,26-25-,29-28-,32-31-,35-34-,38-37-. The number of carbonyl (C=O) groups excluding carboxylic acids is 2. The van der Waals surface area contributed by atoms with Gasteiger partial charge in [0.1, 0.15) is 13.2 Å². The minimum absolute atomic E-state index is 0.181. The van der Waals surface area contributed by atoms with Gasteiger partial charge >= 0.3 is 17.9 Å². The van der Waals surface area contributed by atoms with Crippen LogP contribution in [-0.2, 0) is 33.3 Å². The van der Waals surface area contributed by atoms with Gasteiger partial charge in [-0.1, -0.05) is 225 Å². The Balaban J connectivity index is 4.10. The van der Waals surface area contributed by atoms with Crippen molar-refractivity contribution in [2.75, 3.05) is 47.5 Å². The van der Waals surface area contributed by atoms with Crippen molar-refractivity contribution in [1.82, 2.24) is 0 Å². The number of ether oxygens (including phenoxy) is 4. The molecular formula is C66H110NO8+. The molecule has 9 heteroatoms. The average Bonchev–Trinajstić information content (AvgIpc) is 3.38. The molecule has 0 radical (unpaired) electrons. The normalized spacial score (nSPS) is 13.7. The van der Waals surface area contributed by atoms with Crippen LogP contribution >= 0.6 is 0 Å². The second-order valence-electron chi connectivity index (χ2n) is 20.6. The first-order valence-corrected chi connectivity index (χ1v) is 29.7. The van der Waals surface area contributed by atoms with Crippen LogP contribution in [0.15, 0.2) is 122 Å². The van der Waals surface area contributed by atoms with E-state index in [-0.39, 0.29) is 38.6 Å². The number of aliphatic carboxylic acids is 1. The lowest BCUT2D eigenvalue weighted by Gasteiger charge is -2.25. The van der Waals surface area contributed by atoms with Crippen molar-refractivity contribution in [2.24, 2.45) is 0 Å². The summed E-state index contributed by atoms with van der Waals surface area (Å²) in [6, 6.07) is 0. The summed E-state index contributed by atoms with van der Waals surface area (Å²) in [6.45, 7) is 4.69. The molecule has 0 aromatic rings. The molecule has 1 N–H and O–H groups in total. The highest BCUT2D eigenvalue weighted by atomic mass is 16.7. The van der Waals surface area contributed by atoms with Crippen LogP contribution in [-0.4, -0.2) is 87.4 Å². The summed E-state index contributed by atoms with van der Waals surface area (Å²) in [5, 5.41) is 9.68. The number of quaternary nitrogens is 1. The first kappa shape index (κ1) is 70.7. The fraction of sp³-hybridized carbons (Fsp3) is 0.652. The SMILES string of the molecule is CC/C=C\C/C=C\C/C=C\C/C=C\C/C=C\C/C=C\C/C=C\C/C=C\C/C=C\CCCCCCCCCCCCCC(=O)OC(COC(=O)CCCCCCC/C=C\CCCC)COC(OCC[N+](C)(C)C)C(=O)O. The van der Waals surface area contributed by atoms with E-state index >= 15 is 0 Å². The number of likely N-dealkylation sites (N-methyl/N-ethyl adjacent to an activating group) is 1. The first-order valence-electron chi connectivity index (χ1n) is 29.7. The Hall–Kier alpha value is -4.31. The van der Waals surface area contributed by atoms with Gasteiger partial charge in [-0.2, -0.15) is 0 Å². The van der Waals surface area contributed by atoms with Gasteiger partial charge in [0.25, 0.3) is 6.29 Å². The van der Waals surface area contributed by atoms with E-state index in [1.807, 2.05) is 21.1 Å². The van der Waals surface area contributed by atoms with Crippen LogP contribution < -0.4 is 0 Å². The van der Waals surface area contributed by atoms with Crippen LogP contribution in [0.25, 0.3) is 0 Å². The molecule has 0 heterocycles. The summed E-state index contributed by atoms with van der Waals surface area (Å²) in [7, 11) is 5.95. The molecule has 0 aromatic carbocycles. The van der Waals surface area contributed by atoms with Gasteiger partial charge < -0.3 is 28.5 Å². The summed E-state index contributed by atoms with van der Waals surface area (Å²) in [4.78, 5) is 37.3. The quantitative estimate of drug-likeness (QED) is 0.0211. The van der Waals surface area contributed by atoms with Crippen LogP contribution in [0.5, 0.6) is 0 Å². The number of carbonyl (C=O) groups is 3. The Bertz CT molecular complexity index is 1640. The van der Waals surface area contributed by atoms with Crippen molar-refractivity contribution in [2.45, 2.75) is 232 Å². The number of carboxylic acid groups (broad SMARTS) is 1. The highest BCUT2D eigenvalue weighted by molar-refractivity contribution is 5.71. The Kier molecular flexibility index (Phi) is 52.7. The number of carboxylic acids is 1. The van der Waals surface area contributed by atoms with Crippen LogP contribution in [0.3, 0.4) is 0 Å².